The zero-order chi connectivity index (χ0) is 37.5. The van der Waals surface area contributed by atoms with Gasteiger partial charge in [0.05, 0.1) is 17.0 Å². The van der Waals surface area contributed by atoms with Crippen molar-refractivity contribution in [3.8, 4) is 5.75 Å². The average molecular weight is 783 g/mol. The summed E-state index contributed by atoms with van der Waals surface area (Å²) in [6.45, 7) is 2.45. The summed E-state index contributed by atoms with van der Waals surface area (Å²) in [5.74, 6) is -0.329. The van der Waals surface area contributed by atoms with Gasteiger partial charge in [-0.25, -0.2) is 13.4 Å². The molecule has 1 aliphatic rings. The summed E-state index contributed by atoms with van der Waals surface area (Å²) in [5.41, 5.74) is 8.09. The van der Waals surface area contributed by atoms with Crippen molar-refractivity contribution in [2.45, 2.75) is 43.7 Å². The maximum Gasteiger partial charge on any atom is 0.261 e. The number of aromatic nitrogens is 2. The van der Waals surface area contributed by atoms with Crippen LogP contribution in [0.3, 0.4) is 0 Å². The lowest BCUT2D eigenvalue weighted by Gasteiger charge is -2.24. The molecule has 6 N–H and O–H groups in total. The molecule has 0 unspecified atom stereocenters. The van der Waals surface area contributed by atoms with Crippen LogP contribution in [0.25, 0.3) is 5.65 Å². The molecule has 2 aromatic carbocycles. The molecule has 1 fully saturated rings. The lowest BCUT2D eigenvalue weighted by molar-refractivity contribution is -0.124. The highest BCUT2D eigenvalue weighted by Gasteiger charge is 2.40. The number of hydrogen-bond donors (Lipinski definition) is 5. The zero-order valence-electron chi connectivity index (χ0n) is 27.6. The first kappa shape index (κ1) is 39.5. The maximum absolute atomic E-state index is 13.8. The number of nitrogens with one attached hydrogen (secondary N) is 3. The lowest BCUT2D eigenvalue weighted by Crippen LogP contribution is -2.46. The maximum atomic E-state index is 13.8. The number of hydrogen-bond acceptors (Lipinski definition) is 9. The number of halogens is 2. The van der Waals surface area contributed by atoms with Crippen molar-refractivity contribution < 1.29 is 35.7 Å². The summed E-state index contributed by atoms with van der Waals surface area (Å²) in [7, 11) is -7.84. The highest BCUT2D eigenvalue weighted by Crippen LogP contribution is 2.36. The fraction of sp³-hybridized carbons (Fsp3) is 0.312. The molecule has 2 aromatic heterocycles. The Bertz CT molecular complexity index is 2140. The number of benzene rings is 2. The van der Waals surface area contributed by atoms with E-state index in [0.29, 0.717) is 60.2 Å². The molecule has 3 heterocycles. The van der Waals surface area contributed by atoms with Gasteiger partial charge in [-0.3, -0.25) is 19.6 Å². The van der Waals surface area contributed by atoms with Gasteiger partial charge in [-0.05, 0) is 62.6 Å². The minimum Gasteiger partial charge on any atom is -0.485 e. The number of aryl methyl sites for hydroxylation is 1. The van der Waals surface area contributed by atoms with Gasteiger partial charge in [-0.15, -0.1) is 0 Å². The van der Waals surface area contributed by atoms with Crippen molar-refractivity contribution in [3.05, 3.63) is 93.4 Å². The van der Waals surface area contributed by atoms with Crippen molar-refractivity contribution in [2.24, 2.45) is 5.73 Å². The summed E-state index contributed by atoms with van der Waals surface area (Å²) < 4.78 is 62.5. The van der Waals surface area contributed by atoms with Crippen LogP contribution >= 0.6 is 23.2 Å². The number of imidazole rings is 1. The molecule has 19 heteroatoms. The number of carbonyl (C=O) groups excluding carboxylic acids is 2. The number of fused-ring (bicyclic) bond motifs is 1. The van der Waals surface area contributed by atoms with E-state index < -0.39 is 32.1 Å². The third kappa shape index (κ3) is 10.4. The van der Waals surface area contributed by atoms with Crippen LogP contribution in [0.1, 0.15) is 46.4 Å². The van der Waals surface area contributed by atoms with Crippen LogP contribution in [0.2, 0.25) is 10.0 Å². The molecule has 0 radical (unpaired) electrons. The van der Waals surface area contributed by atoms with E-state index in [4.69, 9.17) is 43.6 Å². The van der Waals surface area contributed by atoms with Gasteiger partial charge in [0.1, 0.15) is 23.4 Å². The normalized spacial score (nSPS) is 14.8. The number of amidine groups is 1. The first-order valence-corrected chi connectivity index (χ1v) is 19.5. The van der Waals surface area contributed by atoms with Gasteiger partial charge in [0, 0.05) is 53.7 Å². The van der Waals surface area contributed by atoms with Crippen molar-refractivity contribution in [1.29, 1.82) is 5.41 Å². The monoisotopic (exact) mass is 781 g/mol. The molecule has 2 amide bonds. The Balaban J connectivity index is 0.00000109. The molecule has 0 bridgehead atoms. The first-order chi connectivity index (χ1) is 24.0. The number of amides is 2. The number of ether oxygens (including phenoxy) is 1. The van der Waals surface area contributed by atoms with Gasteiger partial charge in [0.15, 0.2) is 11.4 Å². The third-order valence-corrected chi connectivity index (χ3v) is 10.4. The Morgan fingerprint density at radius 3 is 2.37 bits per heavy atom. The van der Waals surface area contributed by atoms with E-state index in [9.17, 15) is 26.4 Å². The summed E-state index contributed by atoms with van der Waals surface area (Å²) in [6.07, 6.45) is 5.70. The van der Waals surface area contributed by atoms with Crippen molar-refractivity contribution >= 4 is 66.6 Å². The predicted molar refractivity (Wildman–Crippen MR) is 193 cm³/mol. The molecule has 0 saturated carbocycles. The first-order valence-electron chi connectivity index (χ1n) is 15.5. The highest BCUT2D eigenvalue weighted by molar-refractivity contribution is 7.89. The van der Waals surface area contributed by atoms with E-state index in [-0.39, 0.29) is 46.4 Å². The number of nitrogen functional groups attached to an aromatic ring is 1. The van der Waals surface area contributed by atoms with Gasteiger partial charge in [0.2, 0.25) is 15.9 Å². The standard InChI is InChI=1S/C31H33Cl2N7O5S.CH4O3S/c1-19-17-39-15-3-6-25(29(39)38-19)45-18-22-23(32)11-12-26(27(22)33)46(43,44)40-16-2-5-24(40)31(42)37-14-4-13-36-30(41)21-9-7-20(8-10-21)28(34)35;1-5(2,3)4/h3,6-12,15,17,24H,2,4-5,13-14,16,18H2,1H3,(H3,34,35)(H,36,41)(H,37,42);1H3,(H,2,3,4)/t24-;/m0./s1. The van der Waals surface area contributed by atoms with Crippen molar-refractivity contribution in [2.75, 3.05) is 25.9 Å². The van der Waals surface area contributed by atoms with Crippen LogP contribution in [-0.4, -0.2) is 84.7 Å². The van der Waals surface area contributed by atoms with Crippen molar-refractivity contribution in [3.63, 3.8) is 0 Å². The van der Waals surface area contributed by atoms with Crippen LogP contribution < -0.4 is 21.1 Å². The molecule has 1 atom stereocenters. The fourth-order valence-electron chi connectivity index (χ4n) is 5.22. The summed E-state index contributed by atoms with van der Waals surface area (Å²) >= 11 is 13.1. The molecular formula is C32H37Cl2N7O8S2. The average Bonchev–Trinajstić information content (AvgIpc) is 3.71. The second-order valence-corrected chi connectivity index (χ2v) is 15.6. The Labute approximate surface area is 305 Å². The van der Waals surface area contributed by atoms with E-state index in [0.717, 1.165) is 5.69 Å². The van der Waals surface area contributed by atoms with E-state index in [1.807, 2.05) is 23.7 Å². The molecule has 51 heavy (non-hydrogen) atoms. The van der Waals surface area contributed by atoms with Crippen LogP contribution in [0.4, 0.5) is 0 Å². The summed E-state index contributed by atoms with van der Waals surface area (Å²) in [4.78, 5) is 29.8. The molecule has 15 nitrogen and oxygen atoms in total. The SMILES string of the molecule is CS(=O)(=O)O.Cc1cn2cccc(OCc3c(Cl)ccc(S(=O)(=O)N4CCC[C@H]4C(=O)NCCCNC(=O)c4ccc(C(=N)N)cc4)c3Cl)c2n1. The number of pyridine rings is 1. The Kier molecular flexibility index (Phi) is 13.0. The van der Waals surface area contributed by atoms with Crippen molar-refractivity contribution in [1.82, 2.24) is 24.3 Å². The molecule has 0 spiro atoms. The Morgan fingerprint density at radius 1 is 1.06 bits per heavy atom. The minimum atomic E-state index is -4.17. The topological polar surface area (TPSA) is 226 Å². The minimum absolute atomic E-state index is 0.0725. The number of nitrogens with zero attached hydrogens (tertiary/aromatic N) is 3. The Hall–Kier alpha value is -4.26. The highest BCUT2D eigenvalue weighted by atomic mass is 35.5. The fourth-order valence-corrected chi connectivity index (χ4v) is 7.74. The number of rotatable bonds is 12. The Morgan fingerprint density at radius 2 is 1.71 bits per heavy atom. The van der Waals surface area contributed by atoms with Crippen LogP contribution in [-0.2, 0) is 31.5 Å². The number of sulfonamides is 1. The largest absolute Gasteiger partial charge is 0.485 e. The van der Waals surface area contributed by atoms with Crippen LogP contribution in [0.15, 0.2) is 65.8 Å². The number of carbonyl (C=O) groups is 2. The third-order valence-electron chi connectivity index (χ3n) is 7.58. The quantitative estimate of drug-likeness (QED) is 0.0609. The van der Waals surface area contributed by atoms with Gasteiger partial charge in [0.25, 0.3) is 16.0 Å². The van der Waals surface area contributed by atoms with Gasteiger partial charge in [-0.1, -0.05) is 35.3 Å². The summed E-state index contributed by atoms with van der Waals surface area (Å²) in [6, 6.07) is 11.8. The van der Waals surface area contributed by atoms with Crippen LogP contribution in [0.5, 0.6) is 5.75 Å². The van der Waals surface area contributed by atoms with E-state index >= 15 is 0 Å². The van der Waals surface area contributed by atoms with Gasteiger partial charge >= 0.3 is 0 Å². The molecule has 274 valence electrons. The molecule has 1 saturated heterocycles. The van der Waals surface area contributed by atoms with Gasteiger partial charge < -0.3 is 25.5 Å². The smallest absolute Gasteiger partial charge is 0.261 e. The lowest BCUT2D eigenvalue weighted by atomic mass is 10.1. The summed E-state index contributed by atoms with van der Waals surface area (Å²) in [5, 5.41) is 13.2. The second-order valence-electron chi connectivity index (χ2n) is 11.5. The molecular weight excluding hydrogens is 745 g/mol. The zero-order valence-corrected chi connectivity index (χ0v) is 30.7. The van der Waals surface area contributed by atoms with Gasteiger partial charge in [-0.2, -0.15) is 12.7 Å². The second kappa shape index (κ2) is 16.8. The van der Waals surface area contributed by atoms with E-state index in [1.165, 1.54) is 16.4 Å². The molecule has 0 aliphatic carbocycles. The predicted octanol–water partition coefficient (Wildman–Crippen LogP) is 3.41. The molecule has 1 aliphatic heterocycles. The molecule has 4 aromatic rings. The van der Waals surface area contributed by atoms with Crippen LogP contribution in [0, 0.1) is 12.3 Å². The van der Waals surface area contributed by atoms with E-state index in [1.54, 1.807) is 36.4 Å². The number of nitrogens with two attached hydrogens (primary N) is 1. The molecule has 5 rings (SSSR count). The van der Waals surface area contributed by atoms with E-state index in [2.05, 4.69) is 15.6 Å².